The molecule has 3 aromatic rings. The van der Waals surface area contributed by atoms with Gasteiger partial charge in [-0.25, -0.2) is 0 Å². The standard InChI is InChI=1S/C25H20Cl3N3O5S/c1-36-18-10-12(30(32)33)9-14-21-15(24(29-25(14)18)13-5-4-6-16(26)22(13)27)11-20(23(21)28)37-19-8-3-2-7-17(19)31(34)35/h2-10,15,20-21,23-24,29H,11H2,1H3/t15-,20+,21+,23+,24-/m0/s1. The summed E-state index contributed by atoms with van der Waals surface area (Å²) in [5.41, 5.74) is 1.97. The lowest BCUT2D eigenvalue weighted by molar-refractivity contribution is -0.387. The lowest BCUT2D eigenvalue weighted by Crippen LogP contribution is -2.31. The van der Waals surface area contributed by atoms with Crippen molar-refractivity contribution in [1.29, 1.82) is 0 Å². The van der Waals surface area contributed by atoms with Gasteiger partial charge in [0.05, 0.1) is 55.1 Å². The van der Waals surface area contributed by atoms with Crippen LogP contribution in [0.3, 0.4) is 0 Å². The molecule has 0 saturated heterocycles. The SMILES string of the molecule is COc1cc([N+](=O)[O-])cc2c1N[C@@H](c1cccc(Cl)c1Cl)[C@H]1C[C@@H](Sc3ccccc3[N+](=O)[O-])[C@@H](Cl)[C@H]21. The molecule has 8 nitrogen and oxygen atoms in total. The number of alkyl halides is 1. The molecule has 3 aromatic carbocycles. The van der Waals surface area contributed by atoms with E-state index in [1.54, 1.807) is 24.3 Å². The molecule has 5 atom stereocenters. The zero-order valence-corrected chi connectivity index (χ0v) is 22.4. The molecular formula is C25H20Cl3N3O5S. The van der Waals surface area contributed by atoms with Gasteiger partial charge in [-0.05, 0) is 35.6 Å². The van der Waals surface area contributed by atoms with Crippen molar-refractivity contribution in [2.24, 2.45) is 5.92 Å². The summed E-state index contributed by atoms with van der Waals surface area (Å²) in [6.07, 6.45) is 0.584. The Labute approximate surface area is 231 Å². The summed E-state index contributed by atoms with van der Waals surface area (Å²) in [4.78, 5) is 23.0. The van der Waals surface area contributed by atoms with Crippen LogP contribution >= 0.6 is 46.6 Å². The Balaban J connectivity index is 1.63. The Morgan fingerprint density at radius 2 is 1.78 bits per heavy atom. The first-order chi connectivity index (χ1) is 17.7. The molecule has 5 rings (SSSR count). The molecule has 37 heavy (non-hydrogen) atoms. The number of nitro groups is 2. The fourth-order valence-electron chi connectivity index (χ4n) is 5.38. The van der Waals surface area contributed by atoms with Gasteiger partial charge in [-0.1, -0.05) is 47.5 Å². The molecule has 1 N–H and O–H groups in total. The molecule has 0 amide bonds. The fourth-order valence-corrected chi connectivity index (χ4v) is 7.75. The normalized spacial score (nSPS) is 24.1. The second-order valence-corrected chi connectivity index (χ2v) is 11.5. The van der Waals surface area contributed by atoms with Gasteiger partial charge in [0.1, 0.15) is 5.75 Å². The van der Waals surface area contributed by atoms with E-state index >= 15 is 0 Å². The number of nitrogens with zero attached hydrogens (tertiary/aromatic N) is 2. The van der Waals surface area contributed by atoms with Crippen LogP contribution in [-0.4, -0.2) is 27.6 Å². The number of fused-ring (bicyclic) bond motifs is 3. The van der Waals surface area contributed by atoms with E-state index in [2.05, 4.69) is 5.32 Å². The summed E-state index contributed by atoms with van der Waals surface area (Å²) in [7, 11) is 1.45. The van der Waals surface area contributed by atoms with Gasteiger partial charge in [-0.15, -0.1) is 23.4 Å². The van der Waals surface area contributed by atoms with Crippen LogP contribution in [0.4, 0.5) is 17.1 Å². The molecule has 12 heteroatoms. The van der Waals surface area contributed by atoms with Crippen molar-refractivity contribution >= 4 is 63.6 Å². The van der Waals surface area contributed by atoms with Crippen LogP contribution in [0.1, 0.15) is 29.5 Å². The van der Waals surface area contributed by atoms with E-state index in [-0.39, 0.29) is 34.5 Å². The molecule has 0 aromatic heterocycles. The Hall–Kier alpha value is -2.72. The minimum absolute atomic E-state index is 0.0107. The number of nitrogens with one attached hydrogen (secondary N) is 1. The highest BCUT2D eigenvalue weighted by atomic mass is 35.5. The van der Waals surface area contributed by atoms with Crippen LogP contribution in [-0.2, 0) is 0 Å². The maximum absolute atomic E-state index is 11.7. The summed E-state index contributed by atoms with van der Waals surface area (Å²) in [5, 5.41) is 26.9. The lowest BCUT2D eigenvalue weighted by Gasteiger charge is -2.39. The average molecular weight is 581 g/mol. The highest BCUT2D eigenvalue weighted by Gasteiger charge is 2.52. The molecular weight excluding hydrogens is 561 g/mol. The number of halogens is 3. The second kappa shape index (κ2) is 10.2. The maximum Gasteiger partial charge on any atom is 0.282 e. The number of methoxy groups -OCH3 is 1. The smallest absolute Gasteiger partial charge is 0.282 e. The van der Waals surface area contributed by atoms with Crippen molar-refractivity contribution in [1.82, 2.24) is 0 Å². The van der Waals surface area contributed by atoms with E-state index < -0.39 is 15.2 Å². The molecule has 0 bridgehead atoms. The van der Waals surface area contributed by atoms with Crippen LogP contribution in [0.5, 0.6) is 5.75 Å². The molecule has 1 aliphatic carbocycles. The third kappa shape index (κ3) is 4.58. The monoisotopic (exact) mass is 579 g/mol. The topological polar surface area (TPSA) is 108 Å². The Bertz CT molecular complexity index is 1410. The van der Waals surface area contributed by atoms with Gasteiger partial charge < -0.3 is 10.1 Å². The minimum atomic E-state index is -0.483. The van der Waals surface area contributed by atoms with Gasteiger partial charge in [-0.2, -0.15) is 0 Å². The number of para-hydroxylation sites is 1. The number of rotatable bonds is 6. The third-order valence-electron chi connectivity index (χ3n) is 6.96. The van der Waals surface area contributed by atoms with Crippen molar-refractivity contribution in [3.05, 3.63) is 96.0 Å². The van der Waals surface area contributed by atoms with E-state index in [1.807, 2.05) is 12.1 Å². The molecule has 192 valence electrons. The molecule has 1 heterocycles. The number of benzene rings is 3. The predicted molar refractivity (Wildman–Crippen MR) is 146 cm³/mol. The van der Waals surface area contributed by atoms with Gasteiger partial charge in [0.2, 0.25) is 0 Å². The molecule has 0 radical (unpaired) electrons. The maximum atomic E-state index is 11.7. The van der Waals surface area contributed by atoms with Crippen LogP contribution in [0.15, 0.2) is 59.5 Å². The van der Waals surface area contributed by atoms with Crippen LogP contribution < -0.4 is 10.1 Å². The van der Waals surface area contributed by atoms with Gasteiger partial charge in [0.15, 0.2) is 0 Å². The molecule has 1 saturated carbocycles. The number of thioether (sulfide) groups is 1. The number of anilines is 1. The summed E-state index contributed by atoms with van der Waals surface area (Å²) >= 11 is 21.5. The van der Waals surface area contributed by atoms with E-state index in [1.165, 1.54) is 37.1 Å². The molecule has 1 aliphatic heterocycles. The number of hydrogen-bond donors (Lipinski definition) is 1. The first-order valence-corrected chi connectivity index (χ1v) is 13.4. The fraction of sp³-hybridized carbons (Fsp3) is 0.280. The van der Waals surface area contributed by atoms with Gasteiger partial charge >= 0.3 is 0 Å². The van der Waals surface area contributed by atoms with Crippen molar-refractivity contribution < 1.29 is 14.6 Å². The zero-order valence-electron chi connectivity index (χ0n) is 19.3. The Kier molecular flexibility index (Phi) is 7.15. The van der Waals surface area contributed by atoms with Crippen LogP contribution in [0, 0.1) is 26.1 Å². The number of nitro benzene ring substituents is 2. The average Bonchev–Trinajstić information content (AvgIpc) is 3.20. The highest BCUT2D eigenvalue weighted by Crippen LogP contribution is 2.60. The van der Waals surface area contributed by atoms with E-state index in [0.717, 1.165) is 5.56 Å². The van der Waals surface area contributed by atoms with Gasteiger partial charge in [-0.3, -0.25) is 20.2 Å². The summed E-state index contributed by atoms with van der Waals surface area (Å²) < 4.78 is 5.54. The van der Waals surface area contributed by atoms with Crippen molar-refractivity contribution in [2.45, 2.75) is 33.9 Å². The van der Waals surface area contributed by atoms with E-state index in [0.29, 0.717) is 38.4 Å². The molecule has 0 unspecified atom stereocenters. The second-order valence-electron chi connectivity index (χ2n) is 8.89. The van der Waals surface area contributed by atoms with Crippen LogP contribution in [0.2, 0.25) is 10.0 Å². The minimum Gasteiger partial charge on any atom is -0.494 e. The summed E-state index contributed by atoms with van der Waals surface area (Å²) in [6.45, 7) is 0. The Morgan fingerprint density at radius 1 is 1.03 bits per heavy atom. The Morgan fingerprint density at radius 3 is 2.49 bits per heavy atom. The predicted octanol–water partition coefficient (Wildman–Crippen LogP) is 7.86. The van der Waals surface area contributed by atoms with Crippen molar-refractivity contribution in [3.8, 4) is 5.75 Å². The van der Waals surface area contributed by atoms with Crippen LogP contribution in [0.25, 0.3) is 0 Å². The molecule has 2 aliphatic rings. The lowest BCUT2D eigenvalue weighted by atomic mass is 9.77. The quantitative estimate of drug-likeness (QED) is 0.180. The number of ether oxygens (including phenoxy) is 1. The summed E-state index contributed by atoms with van der Waals surface area (Å²) in [5.74, 6) is -0.116. The third-order valence-corrected chi connectivity index (χ3v) is 9.90. The van der Waals surface area contributed by atoms with Crippen molar-refractivity contribution in [2.75, 3.05) is 12.4 Å². The highest BCUT2D eigenvalue weighted by molar-refractivity contribution is 8.00. The molecule has 0 spiro atoms. The summed E-state index contributed by atoms with van der Waals surface area (Å²) in [6, 6.07) is 14.5. The van der Waals surface area contributed by atoms with Gasteiger partial charge in [0, 0.05) is 23.3 Å². The first-order valence-electron chi connectivity index (χ1n) is 11.3. The van der Waals surface area contributed by atoms with E-state index in [9.17, 15) is 20.2 Å². The zero-order chi connectivity index (χ0) is 26.4. The van der Waals surface area contributed by atoms with Crippen molar-refractivity contribution in [3.63, 3.8) is 0 Å². The number of non-ortho nitro benzene ring substituents is 1. The first kappa shape index (κ1) is 25.9. The van der Waals surface area contributed by atoms with Gasteiger partial charge in [0.25, 0.3) is 11.4 Å². The van der Waals surface area contributed by atoms with E-state index in [4.69, 9.17) is 39.5 Å². The largest absolute Gasteiger partial charge is 0.494 e. The molecule has 1 fully saturated rings. The number of hydrogen-bond acceptors (Lipinski definition) is 7.